The molecule has 0 spiro atoms. The molecule has 2 N–H and O–H groups in total. The van der Waals surface area contributed by atoms with Crippen LogP contribution in [-0.4, -0.2) is 30.8 Å². The lowest BCUT2D eigenvalue weighted by molar-refractivity contribution is -0.139. The van der Waals surface area contributed by atoms with Crippen LogP contribution in [0.4, 0.5) is 0 Å². The van der Waals surface area contributed by atoms with Crippen molar-refractivity contribution < 1.29 is 14.6 Å². The van der Waals surface area contributed by atoms with Crippen molar-refractivity contribution in [3.8, 4) is 5.75 Å². The Hall–Kier alpha value is -1.55. The topological polar surface area (TPSA) is 58.6 Å². The molecule has 0 aromatic heterocycles. The minimum atomic E-state index is -0.837. The average Bonchev–Trinajstić information content (AvgIpc) is 2.28. The third-order valence-corrected chi connectivity index (χ3v) is 2.32. The number of likely N-dealkylation sites (N-methyl/N-ethyl adjacent to an activating group) is 1. The molecular weight excluding hydrogens is 206 g/mol. The van der Waals surface area contributed by atoms with Gasteiger partial charge in [-0.1, -0.05) is 12.1 Å². The largest absolute Gasteiger partial charge is 0.494 e. The lowest BCUT2D eigenvalue weighted by Gasteiger charge is -2.11. The highest BCUT2D eigenvalue weighted by Crippen LogP contribution is 2.13. The molecule has 1 aromatic rings. The van der Waals surface area contributed by atoms with Crippen molar-refractivity contribution in [2.24, 2.45) is 0 Å². The summed E-state index contributed by atoms with van der Waals surface area (Å²) in [5, 5.41) is 11.6. The molecule has 0 heterocycles. The predicted octanol–water partition coefficient (Wildman–Crippen LogP) is 1.30. The molecule has 0 aliphatic carbocycles. The monoisotopic (exact) mass is 223 g/mol. The Balaban J connectivity index is 2.63. The van der Waals surface area contributed by atoms with Crippen LogP contribution < -0.4 is 10.1 Å². The number of nitrogens with one attached hydrogen (secondary N) is 1. The zero-order valence-corrected chi connectivity index (χ0v) is 9.56. The standard InChI is InChI=1S/C12H17NO3/c1-3-16-10-6-4-9(5-7-10)8-11(13-2)12(14)15/h4-7,11,13H,3,8H2,1-2H3,(H,14,15)/t11-/m0/s1. The summed E-state index contributed by atoms with van der Waals surface area (Å²) in [5.74, 6) is -0.0287. The fourth-order valence-corrected chi connectivity index (χ4v) is 1.44. The van der Waals surface area contributed by atoms with Gasteiger partial charge in [0.15, 0.2) is 0 Å². The van der Waals surface area contributed by atoms with Gasteiger partial charge in [0.1, 0.15) is 11.8 Å². The van der Waals surface area contributed by atoms with E-state index in [4.69, 9.17) is 9.84 Å². The number of aliphatic carboxylic acids is 1. The van der Waals surface area contributed by atoms with Crippen molar-refractivity contribution in [1.82, 2.24) is 5.32 Å². The van der Waals surface area contributed by atoms with Crippen LogP contribution in [0.2, 0.25) is 0 Å². The summed E-state index contributed by atoms with van der Waals surface area (Å²) in [5.41, 5.74) is 0.977. The summed E-state index contributed by atoms with van der Waals surface area (Å²) < 4.78 is 5.31. The molecule has 0 radical (unpaired) electrons. The molecule has 1 aromatic carbocycles. The van der Waals surface area contributed by atoms with Gasteiger partial charge >= 0.3 is 5.97 Å². The first-order valence-electron chi connectivity index (χ1n) is 5.29. The van der Waals surface area contributed by atoms with Gasteiger partial charge in [-0.3, -0.25) is 4.79 Å². The minimum Gasteiger partial charge on any atom is -0.494 e. The highest BCUT2D eigenvalue weighted by atomic mass is 16.5. The first-order chi connectivity index (χ1) is 7.67. The van der Waals surface area contributed by atoms with E-state index in [0.717, 1.165) is 11.3 Å². The number of ether oxygens (including phenoxy) is 1. The second-order valence-corrected chi connectivity index (χ2v) is 3.46. The third-order valence-electron chi connectivity index (χ3n) is 2.32. The predicted molar refractivity (Wildman–Crippen MR) is 61.8 cm³/mol. The van der Waals surface area contributed by atoms with E-state index in [-0.39, 0.29) is 0 Å². The fraction of sp³-hybridized carbons (Fsp3) is 0.417. The number of carbonyl (C=O) groups is 1. The molecule has 1 rings (SSSR count). The molecule has 16 heavy (non-hydrogen) atoms. The number of carboxylic acids is 1. The first-order valence-corrected chi connectivity index (χ1v) is 5.29. The summed E-state index contributed by atoms with van der Waals surface area (Å²) in [4.78, 5) is 10.8. The average molecular weight is 223 g/mol. The maximum Gasteiger partial charge on any atom is 0.321 e. The first kappa shape index (κ1) is 12.5. The molecule has 0 amide bonds. The SMILES string of the molecule is CCOc1ccc(C[C@H](NC)C(=O)O)cc1. The summed E-state index contributed by atoms with van der Waals surface area (Å²) in [6.07, 6.45) is 0.470. The van der Waals surface area contributed by atoms with Crippen LogP contribution in [0.25, 0.3) is 0 Å². The Morgan fingerprint density at radius 1 is 1.44 bits per heavy atom. The van der Waals surface area contributed by atoms with Crippen molar-refractivity contribution in [3.63, 3.8) is 0 Å². The van der Waals surface area contributed by atoms with Crippen molar-refractivity contribution in [2.45, 2.75) is 19.4 Å². The van der Waals surface area contributed by atoms with E-state index in [1.54, 1.807) is 7.05 Å². The van der Waals surface area contributed by atoms with Crippen LogP contribution in [0.15, 0.2) is 24.3 Å². The third kappa shape index (κ3) is 3.55. The van der Waals surface area contributed by atoms with E-state index in [2.05, 4.69) is 5.32 Å². The Bertz CT molecular complexity index is 335. The maximum absolute atomic E-state index is 10.8. The number of hydrogen-bond acceptors (Lipinski definition) is 3. The van der Waals surface area contributed by atoms with Crippen LogP contribution in [0.5, 0.6) is 5.75 Å². The zero-order valence-electron chi connectivity index (χ0n) is 9.56. The van der Waals surface area contributed by atoms with Crippen molar-refractivity contribution in [1.29, 1.82) is 0 Å². The number of hydrogen-bond donors (Lipinski definition) is 2. The Morgan fingerprint density at radius 2 is 2.06 bits per heavy atom. The fourth-order valence-electron chi connectivity index (χ4n) is 1.44. The van der Waals surface area contributed by atoms with Gasteiger partial charge in [0.25, 0.3) is 0 Å². The molecule has 0 bridgehead atoms. The molecule has 0 saturated heterocycles. The zero-order chi connectivity index (χ0) is 12.0. The summed E-state index contributed by atoms with van der Waals surface area (Å²) in [6.45, 7) is 2.56. The second kappa shape index (κ2) is 6.12. The highest BCUT2D eigenvalue weighted by molar-refractivity contribution is 5.73. The Morgan fingerprint density at radius 3 is 2.50 bits per heavy atom. The molecule has 0 fully saturated rings. The molecule has 0 unspecified atom stereocenters. The lowest BCUT2D eigenvalue weighted by atomic mass is 10.1. The van der Waals surface area contributed by atoms with E-state index >= 15 is 0 Å². The normalized spacial score (nSPS) is 12.1. The second-order valence-electron chi connectivity index (χ2n) is 3.46. The number of rotatable bonds is 6. The van der Waals surface area contributed by atoms with Crippen LogP contribution in [0.3, 0.4) is 0 Å². The van der Waals surface area contributed by atoms with Crippen molar-refractivity contribution in [3.05, 3.63) is 29.8 Å². The van der Waals surface area contributed by atoms with Gasteiger partial charge in [0, 0.05) is 0 Å². The summed E-state index contributed by atoms with van der Waals surface area (Å²) >= 11 is 0. The quantitative estimate of drug-likeness (QED) is 0.763. The van der Waals surface area contributed by atoms with E-state index < -0.39 is 12.0 Å². The van der Waals surface area contributed by atoms with Crippen LogP contribution in [0, 0.1) is 0 Å². The highest BCUT2D eigenvalue weighted by Gasteiger charge is 2.14. The number of benzene rings is 1. The maximum atomic E-state index is 10.8. The molecular formula is C12H17NO3. The van der Waals surface area contributed by atoms with Gasteiger partial charge < -0.3 is 15.2 Å². The van der Waals surface area contributed by atoms with Gasteiger partial charge in [-0.2, -0.15) is 0 Å². The molecule has 1 atom stereocenters. The van der Waals surface area contributed by atoms with Gasteiger partial charge in [0.2, 0.25) is 0 Å². The van der Waals surface area contributed by atoms with Gasteiger partial charge in [-0.15, -0.1) is 0 Å². The van der Waals surface area contributed by atoms with E-state index in [0.29, 0.717) is 13.0 Å². The molecule has 0 saturated carbocycles. The molecule has 4 nitrogen and oxygen atoms in total. The van der Waals surface area contributed by atoms with Gasteiger partial charge in [-0.05, 0) is 38.1 Å². The Kier molecular flexibility index (Phi) is 4.79. The summed E-state index contributed by atoms with van der Waals surface area (Å²) in [7, 11) is 1.65. The van der Waals surface area contributed by atoms with Crippen molar-refractivity contribution in [2.75, 3.05) is 13.7 Å². The minimum absolute atomic E-state index is 0.470. The molecule has 4 heteroatoms. The smallest absolute Gasteiger partial charge is 0.321 e. The Labute approximate surface area is 95.2 Å². The number of carboxylic acid groups (broad SMARTS) is 1. The van der Waals surface area contributed by atoms with Crippen molar-refractivity contribution >= 4 is 5.97 Å². The molecule has 88 valence electrons. The lowest BCUT2D eigenvalue weighted by Crippen LogP contribution is -2.35. The van der Waals surface area contributed by atoms with E-state index in [1.807, 2.05) is 31.2 Å². The van der Waals surface area contributed by atoms with Gasteiger partial charge in [0.05, 0.1) is 6.61 Å². The molecule has 0 aliphatic rings. The summed E-state index contributed by atoms with van der Waals surface area (Å²) in [6, 6.07) is 6.94. The van der Waals surface area contributed by atoms with Gasteiger partial charge in [-0.25, -0.2) is 0 Å². The van der Waals surface area contributed by atoms with E-state index in [9.17, 15) is 4.79 Å². The van der Waals surface area contributed by atoms with E-state index in [1.165, 1.54) is 0 Å². The molecule has 0 aliphatic heterocycles. The van der Waals surface area contributed by atoms with Crippen LogP contribution >= 0.6 is 0 Å². The van der Waals surface area contributed by atoms with Crippen LogP contribution in [-0.2, 0) is 11.2 Å². The van der Waals surface area contributed by atoms with Crippen LogP contribution in [0.1, 0.15) is 12.5 Å².